The van der Waals surface area contributed by atoms with E-state index >= 15 is 0 Å². The smallest absolute Gasteiger partial charge is 0.293 e. The van der Waals surface area contributed by atoms with Gasteiger partial charge in [0.15, 0.2) is 0 Å². The monoisotopic (exact) mass is 445 g/mol. The standard InChI is InChI=1S/C21H23N3O4S2/c1-13-3-5-14(6-4-13)11-16-19(27)23(20(28)30-16)10-9-22-18(26)15-12-29-21(2)8-7-17(25)24(15)21/h3-6,11,15H,7-10,12H2,1-2H3,(H,22,26)/b16-11+/t15-,21+/m1/s1. The van der Waals surface area contributed by atoms with Gasteiger partial charge in [0, 0.05) is 25.3 Å². The van der Waals surface area contributed by atoms with Crippen LogP contribution >= 0.6 is 23.5 Å². The molecule has 1 aromatic carbocycles. The molecule has 3 aliphatic heterocycles. The Morgan fingerprint density at radius 2 is 2.00 bits per heavy atom. The van der Waals surface area contributed by atoms with Gasteiger partial charge in [0.2, 0.25) is 11.8 Å². The minimum Gasteiger partial charge on any atom is -0.352 e. The number of fused-ring (bicyclic) bond motifs is 1. The lowest BCUT2D eigenvalue weighted by molar-refractivity contribution is -0.137. The molecule has 3 saturated heterocycles. The third-order valence-electron chi connectivity index (χ3n) is 5.63. The maximum atomic E-state index is 12.6. The molecule has 4 amide bonds. The number of thioether (sulfide) groups is 2. The highest BCUT2D eigenvalue weighted by atomic mass is 32.2. The van der Waals surface area contributed by atoms with E-state index in [1.54, 1.807) is 22.7 Å². The molecule has 0 radical (unpaired) electrons. The first-order valence-corrected chi connectivity index (χ1v) is 11.6. The zero-order chi connectivity index (χ0) is 21.5. The van der Waals surface area contributed by atoms with Crippen LogP contribution in [0.25, 0.3) is 6.08 Å². The van der Waals surface area contributed by atoms with Gasteiger partial charge in [0.05, 0.1) is 9.78 Å². The van der Waals surface area contributed by atoms with Crippen molar-refractivity contribution in [2.45, 2.75) is 37.6 Å². The van der Waals surface area contributed by atoms with Crippen LogP contribution in [-0.4, -0.2) is 62.5 Å². The SMILES string of the molecule is Cc1ccc(/C=C2/SC(=O)N(CCNC(=O)[C@H]3CS[C@@]4(C)CCC(=O)N34)C2=O)cc1. The molecule has 158 valence electrons. The predicted octanol–water partition coefficient (Wildman–Crippen LogP) is 2.60. The lowest BCUT2D eigenvalue weighted by Crippen LogP contribution is -2.51. The highest BCUT2D eigenvalue weighted by molar-refractivity contribution is 8.18. The fourth-order valence-corrected chi connectivity index (χ4v) is 6.23. The quantitative estimate of drug-likeness (QED) is 0.701. The number of rotatable bonds is 5. The maximum Gasteiger partial charge on any atom is 0.293 e. The lowest BCUT2D eigenvalue weighted by atomic mass is 10.1. The Hall–Kier alpha value is -2.26. The van der Waals surface area contributed by atoms with E-state index in [0.717, 1.165) is 34.2 Å². The molecular formula is C21H23N3O4S2. The Morgan fingerprint density at radius 3 is 2.73 bits per heavy atom. The number of hydrogen-bond acceptors (Lipinski definition) is 6. The van der Waals surface area contributed by atoms with Crippen LogP contribution < -0.4 is 5.32 Å². The van der Waals surface area contributed by atoms with E-state index in [0.29, 0.717) is 17.1 Å². The van der Waals surface area contributed by atoms with Crippen LogP contribution in [0.2, 0.25) is 0 Å². The van der Waals surface area contributed by atoms with Gasteiger partial charge in [-0.25, -0.2) is 0 Å². The van der Waals surface area contributed by atoms with Crippen molar-refractivity contribution in [1.82, 2.24) is 15.1 Å². The molecule has 7 nitrogen and oxygen atoms in total. The molecule has 1 aromatic rings. The molecule has 0 unspecified atom stereocenters. The Labute approximate surface area is 183 Å². The largest absolute Gasteiger partial charge is 0.352 e. The van der Waals surface area contributed by atoms with Gasteiger partial charge >= 0.3 is 0 Å². The fourth-order valence-electron chi connectivity index (χ4n) is 3.93. The number of amides is 4. The Kier molecular flexibility index (Phi) is 5.67. The Morgan fingerprint density at radius 1 is 1.27 bits per heavy atom. The molecule has 9 heteroatoms. The molecule has 0 aromatic heterocycles. The van der Waals surface area contributed by atoms with Crippen molar-refractivity contribution in [3.8, 4) is 0 Å². The number of nitrogens with zero attached hydrogens (tertiary/aromatic N) is 2. The minimum atomic E-state index is -0.494. The highest BCUT2D eigenvalue weighted by Gasteiger charge is 2.52. The average molecular weight is 446 g/mol. The Bertz CT molecular complexity index is 946. The summed E-state index contributed by atoms with van der Waals surface area (Å²) in [5, 5.41) is 2.45. The summed E-state index contributed by atoms with van der Waals surface area (Å²) < 4.78 is 0. The molecule has 2 atom stereocenters. The molecule has 4 rings (SSSR count). The second kappa shape index (κ2) is 8.11. The fraction of sp³-hybridized carbons (Fsp3) is 0.429. The molecule has 3 aliphatic rings. The van der Waals surface area contributed by atoms with Crippen LogP contribution in [0.4, 0.5) is 4.79 Å². The summed E-state index contributed by atoms with van der Waals surface area (Å²) in [7, 11) is 0. The van der Waals surface area contributed by atoms with Crippen molar-refractivity contribution in [1.29, 1.82) is 0 Å². The van der Waals surface area contributed by atoms with Crippen molar-refractivity contribution in [3.05, 3.63) is 40.3 Å². The first kappa shape index (κ1) is 21.0. The minimum absolute atomic E-state index is 0.00910. The number of aryl methyl sites for hydroxylation is 1. The summed E-state index contributed by atoms with van der Waals surface area (Å²) in [6.07, 6.45) is 2.93. The van der Waals surface area contributed by atoms with Crippen LogP contribution in [-0.2, 0) is 14.4 Å². The molecule has 30 heavy (non-hydrogen) atoms. The summed E-state index contributed by atoms with van der Waals surface area (Å²) >= 11 is 2.54. The maximum absolute atomic E-state index is 12.6. The lowest BCUT2D eigenvalue weighted by Gasteiger charge is -2.29. The zero-order valence-electron chi connectivity index (χ0n) is 16.8. The van der Waals surface area contributed by atoms with Gasteiger partial charge in [-0.3, -0.25) is 24.1 Å². The molecule has 0 saturated carbocycles. The Balaban J connectivity index is 1.33. The summed E-state index contributed by atoms with van der Waals surface area (Å²) in [4.78, 5) is 52.6. The van der Waals surface area contributed by atoms with Crippen molar-refractivity contribution >= 4 is 52.6 Å². The summed E-state index contributed by atoms with van der Waals surface area (Å²) in [6, 6.07) is 7.20. The molecule has 0 bridgehead atoms. The first-order chi connectivity index (χ1) is 14.3. The van der Waals surface area contributed by atoms with E-state index in [4.69, 9.17) is 0 Å². The van der Waals surface area contributed by atoms with Crippen LogP contribution in [0.5, 0.6) is 0 Å². The molecule has 0 aliphatic carbocycles. The van der Waals surface area contributed by atoms with Crippen LogP contribution in [0, 0.1) is 6.92 Å². The number of hydrogen-bond donors (Lipinski definition) is 1. The average Bonchev–Trinajstić information content (AvgIpc) is 3.30. The van der Waals surface area contributed by atoms with Crippen molar-refractivity contribution in [2.75, 3.05) is 18.8 Å². The van der Waals surface area contributed by atoms with Gasteiger partial charge in [-0.2, -0.15) is 0 Å². The van der Waals surface area contributed by atoms with Crippen molar-refractivity contribution in [3.63, 3.8) is 0 Å². The summed E-state index contributed by atoms with van der Waals surface area (Å²) in [5.74, 6) is -0.00778. The van der Waals surface area contributed by atoms with Crippen molar-refractivity contribution in [2.24, 2.45) is 0 Å². The summed E-state index contributed by atoms with van der Waals surface area (Å²) in [5.41, 5.74) is 1.98. The topological polar surface area (TPSA) is 86.8 Å². The van der Waals surface area contributed by atoms with Gasteiger partial charge in [-0.15, -0.1) is 11.8 Å². The summed E-state index contributed by atoms with van der Waals surface area (Å²) in [6.45, 7) is 4.24. The molecule has 1 N–H and O–H groups in total. The molecule has 3 heterocycles. The molecule has 0 spiro atoms. The van der Waals surface area contributed by atoms with Crippen LogP contribution in [0.3, 0.4) is 0 Å². The van der Waals surface area contributed by atoms with E-state index in [1.807, 2.05) is 38.1 Å². The number of carbonyl (C=O) groups excluding carboxylic acids is 4. The van der Waals surface area contributed by atoms with E-state index in [-0.39, 0.29) is 40.9 Å². The number of nitrogens with one attached hydrogen (secondary N) is 1. The zero-order valence-corrected chi connectivity index (χ0v) is 18.5. The van der Waals surface area contributed by atoms with Crippen LogP contribution in [0.1, 0.15) is 30.9 Å². The van der Waals surface area contributed by atoms with E-state index in [2.05, 4.69) is 5.32 Å². The number of benzene rings is 1. The third-order valence-corrected chi connectivity index (χ3v) is 8.04. The van der Waals surface area contributed by atoms with E-state index in [1.165, 1.54) is 0 Å². The van der Waals surface area contributed by atoms with E-state index in [9.17, 15) is 19.2 Å². The van der Waals surface area contributed by atoms with Crippen LogP contribution in [0.15, 0.2) is 29.2 Å². The first-order valence-electron chi connectivity index (χ1n) is 9.84. The van der Waals surface area contributed by atoms with E-state index < -0.39 is 6.04 Å². The second-order valence-corrected chi connectivity index (χ2v) is 10.3. The van der Waals surface area contributed by atoms with Gasteiger partial charge in [0.25, 0.3) is 11.1 Å². The van der Waals surface area contributed by atoms with Gasteiger partial charge in [0.1, 0.15) is 6.04 Å². The number of imide groups is 1. The normalized spacial score (nSPS) is 27.3. The molecular weight excluding hydrogens is 422 g/mol. The molecule has 3 fully saturated rings. The van der Waals surface area contributed by atoms with Gasteiger partial charge in [-0.1, -0.05) is 29.8 Å². The highest BCUT2D eigenvalue weighted by Crippen LogP contribution is 2.47. The predicted molar refractivity (Wildman–Crippen MR) is 118 cm³/mol. The third kappa shape index (κ3) is 3.88. The van der Waals surface area contributed by atoms with Gasteiger partial charge in [-0.05, 0) is 43.7 Å². The van der Waals surface area contributed by atoms with Crippen molar-refractivity contribution < 1.29 is 19.2 Å². The van der Waals surface area contributed by atoms with Gasteiger partial charge < -0.3 is 10.2 Å². The number of carbonyl (C=O) groups is 4. The second-order valence-electron chi connectivity index (χ2n) is 7.80.